The number of amides is 1. The van der Waals surface area contributed by atoms with Gasteiger partial charge in [-0.3, -0.25) is 9.59 Å². The molecule has 1 aromatic heterocycles. The minimum absolute atomic E-state index is 0.0312. The van der Waals surface area contributed by atoms with Crippen molar-refractivity contribution in [2.45, 2.75) is 31.7 Å². The Morgan fingerprint density at radius 2 is 2.09 bits per heavy atom. The highest BCUT2D eigenvalue weighted by molar-refractivity contribution is 6.06. The fourth-order valence-electron chi connectivity index (χ4n) is 3.43. The molecule has 0 aliphatic carbocycles. The molecule has 2 heterocycles. The molecule has 0 saturated carbocycles. The third-order valence-corrected chi connectivity index (χ3v) is 4.83. The number of benzene rings is 1. The van der Waals surface area contributed by atoms with Crippen LogP contribution in [0, 0.1) is 0 Å². The van der Waals surface area contributed by atoms with Crippen LogP contribution in [0.1, 0.15) is 36.5 Å². The Kier molecular flexibility index (Phi) is 3.74. The Bertz CT molecular complexity index is 762. The van der Waals surface area contributed by atoms with Crippen LogP contribution in [0.25, 0.3) is 10.8 Å². The first-order valence-corrected chi connectivity index (χ1v) is 7.66. The summed E-state index contributed by atoms with van der Waals surface area (Å²) in [6.07, 6.45) is 3.91. The van der Waals surface area contributed by atoms with Crippen molar-refractivity contribution in [1.82, 2.24) is 9.88 Å². The van der Waals surface area contributed by atoms with Gasteiger partial charge < -0.3 is 15.0 Å². The van der Waals surface area contributed by atoms with Gasteiger partial charge in [0.1, 0.15) is 0 Å². The van der Waals surface area contributed by atoms with Crippen molar-refractivity contribution in [3.05, 3.63) is 46.4 Å². The van der Waals surface area contributed by atoms with Gasteiger partial charge in [0.25, 0.3) is 11.5 Å². The van der Waals surface area contributed by atoms with Gasteiger partial charge in [-0.25, -0.2) is 0 Å². The summed E-state index contributed by atoms with van der Waals surface area (Å²) in [6.45, 7) is 2.60. The lowest BCUT2D eigenvalue weighted by Crippen LogP contribution is -2.49. The number of aliphatic hydroxyl groups is 1. The third kappa shape index (κ3) is 2.13. The molecule has 3 rings (SSSR count). The molecule has 5 nitrogen and oxygen atoms in total. The number of hydrogen-bond acceptors (Lipinski definition) is 3. The highest BCUT2D eigenvalue weighted by Gasteiger charge is 2.42. The lowest BCUT2D eigenvalue weighted by atomic mass is 9.93. The molecule has 2 N–H and O–H groups in total. The van der Waals surface area contributed by atoms with E-state index in [1.165, 1.54) is 6.20 Å². The van der Waals surface area contributed by atoms with Crippen molar-refractivity contribution in [2.75, 3.05) is 13.2 Å². The highest BCUT2D eigenvalue weighted by Crippen LogP contribution is 2.34. The van der Waals surface area contributed by atoms with Crippen LogP contribution in [0.4, 0.5) is 0 Å². The average Bonchev–Trinajstić information content (AvgIpc) is 2.99. The van der Waals surface area contributed by atoms with Gasteiger partial charge in [0, 0.05) is 23.5 Å². The monoisotopic (exact) mass is 300 g/mol. The first-order valence-electron chi connectivity index (χ1n) is 7.66. The number of aromatic nitrogens is 1. The molecule has 1 aliphatic heterocycles. The second-order valence-electron chi connectivity index (χ2n) is 5.87. The van der Waals surface area contributed by atoms with Crippen LogP contribution in [-0.4, -0.2) is 39.6 Å². The Morgan fingerprint density at radius 3 is 2.77 bits per heavy atom. The fraction of sp³-hybridized carbons (Fsp3) is 0.412. The maximum atomic E-state index is 13.0. The van der Waals surface area contributed by atoms with E-state index in [-0.39, 0.29) is 18.1 Å². The summed E-state index contributed by atoms with van der Waals surface area (Å²) in [5, 5.41) is 11.0. The molecule has 1 aliphatic rings. The number of aromatic amines is 1. The maximum absolute atomic E-state index is 13.0. The fourth-order valence-corrected chi connectivity index (χ4v) is 3.43. The zero-order valence-electron chi connectivity index (χ0n) is 12.6. The molecule has 0 bridgehead atoms. The van der Waals surface area contributed by atoms with E-state index in [4.69, 9.17) is 0 Å². The molecule has 116 valence electrons. The normalized spacial score (nSPS) is 21.5. The molecule has 2 aromatic rings. The zero-order valence-corrected chi connectivity index (χ0v) is 12.6. The minimum atomic E-state index is -0.478. The predicted molar refractivity (Wildman–Crippen MR) is 84.9 cm³/mol. The number of H-pyrrole nitrogens is 1. The lowest BCUT2D eigenvalue weighted by Gasteiger charge is -2.36. The summed E-state index contributed by atoms with van der Waals surface area (Å²) in [6, 6.07) is 7.11. The van der Waals surface area contributed by atoms with E-state index in [0.29, 0.717) is 22.9 Å². The molecule has 1 fully saturated rings. The number of rotatable bonds is 3. The smallest absolute Gasteiger partial charge is 0.256 e. The predicted octanol–water partition coefficient (Wildman–Crippen LogP) is 1.91. The third-order valence-electron chi connectivity index (χ3n) is 4.83. The van der Waals surface area contributed by atoms with E-state index in [9.17, 15) is 14.7 Å². The topological polar surface area (TPSA) is 73.4 Å². The largest absolute Gasteiger partial charge is 0.394 e. The quantitative estimate of drug-likeness (QED) is 0.909. The number of likely N-dealkylation sites (tertiary alicyclic amines) is 1. The molecular formula is C17H20N2O3. The maximum Gasteiger partial charge on any atom is 0.256 e. The van der Waals surface area contributed by atoms with Crippen molar-refractivity contribution >= 4 is 16.7 Å². The van der Waals surface area contributed by atoms with Gasteiger partial charge in [-0.1, -0.05) is 25.1 Å². The number of carbonyl (C=O) groups is 1. The first kappa shape index (κ1) is 14.8. The number of carbonyl (C=O) groups excluding carboxylic acids is 1. The molecule has 5 heteroatoms. The molecule has 0 spiro atoms. The van der Waals surface area contributed by atoms with Crippen molar-refractivity contribution in [2.24, 2.45) is 0 Å². The summed E-state index contributed by atoms with van der Waals surface area (Å²) in [5.74, 6) is -0.124. The van der Waals surface area contributed by atoms with Crippen LogP contribution in [0.5, 0.6) is 0 Å². The van der Waals surface area contributed by atoms with Crippen LogP contribution >= 0.6 is 0 Å². The summed E-state index contributed by atoms with van der Waals surface area (Å²) in [7, 11) is 0. The zero-order chi connectivity index (χ0) is 15.7. The first-order chi connectivity index (χ1) is 10.6. The minimum Gasteiger partial charge on any atom is -0.394 e. The number of hydrogen-bond donors (Lipinski definition) is 2. The summed E-state index contributed by atoms with van der Waals surface area (Å²) in [4.78, 5) is 29.3. The van der Waals surface area contributed by atoms with Crippen molar-refractivity contribution in [1.29, 1.82) is 0 Å². The van der Waals surface area contributed by atoms with Crippen LogP contribution < -0.4 is 5.56 Å². The van der Waals surface area contributed by atoms with Crippen molar-refractivity contribution in [3.63, 3.8) is 0 Å². The van der Waals surface area contributed by atoms with Gasteiger partial charge in [0.15, 0.2) is 0 Å². The molecule has 0 unspecified atom stereocenters. The number of pyridine rings is 1. The van der Waals surface area contributed by atoms with E-state index in [0.717, 1.165) is 19.3 Å². The van der Waals surface area contributed by atoms with E-state index >= 15 is 0 Å². The molecule has 1 amide bonds. The summed E-state index contributed by atoms with van der Waals surface area (Å²) < 4.78 is 0. The van der Waals surface area contributed by atoms with Gasteiger partial charge in [-0.15, -0.1) is 0 Å². The SMILES string of the molecule is CC[C@]1(CO)CCCN1C(=O)c1c[nH]c(=O)c2ccccc12. The molecule has 22 heavy (non-hydrogen) atoms. The number of fused-ring (bicyclic) bond motifs is 1. The Labute approximate surface area is 128 Å². The van der Waals surface area contributed by atoms with Crippen LogP contribution in [0.15, 0.2) is 35.3 Å². The molecule has 0 radical (unpaired) electrons. The van der Waals surface area contributed by atoms with Crippen molar-refractivity contribution in [3.8, 4) is 0 Å². The van der Waals surface area contributed by atoms with Gasteiger partial charge in [0.2, 0.25) is 0 Å². The summed E-state index contributed by atoms with van der Waals surface area (Å²) in [5.41, 5.74) is -0.185. The van der Waals surface area contributed by atoms with Gasteiger partial charge in [-0.05, 0) is 25.3 Å². The Balaban J connectivity index is 2.10. The molecule has 1 saturated heterocycles. The van der Waals surface area contributed by atoms with E-state index in [2.05, 4.69) is 4.98 Å². The van der Waals surface area contributed by atoms with Crippen LogP contribution in [0.3, 0.4) is 0 Å². The molecule has 1 aromatic carbocycles. The highest BCUT2D eigenvalue weighted by atomic mass is 16.3. The number of aliphatic hydroxyl groups excluding tert-OH is 1. The number of nitrogens with one attached hydrogen (secondary N) is 1. The van der Waals surface area contributed by atoms with Crippen LogP contribution in [-0.2, 0) is 0 Å². The van der Waals surface area contributed by atoms with Gasteiger partial charge in [0.05, 0.1) is 17.7 Å². The van der Waals surface area contributed by atoms with E-state index in [1.54, 1.807) is 23.1 Å². The average molecular weight is 300 g/mol. The van der Waals surface area contributed by atoms with Gasteiger partial charge in [-0.2, -0.15) is 0 Å². The second kappa shape index (κ2) is 5.57. The number of nitrogens with zero attached hydrogens (tertiary/aromatic N) is 1. The molecular weight excluding hydrogens is 280 g/mol. The Hall–Kier alpha value is -2.14. The van der Waals surface area contributed by atoms with Crippen molar-refractivity contribution < 1.29 is 9.90 Å². The van der Waals surface area contributed by atoms with Crippen LogP contribution in [0.2, 0.25) is 0 Å². The van der Waals surface area contributed by atoms with Gasteiger partial charge >= 0.3 is 0 Å². The lowest BCUT2D eigenvalue weighted by molar-refractivity contribution is 0.0399. The van der Waals surface area contributed by atoms with E-state index < -0.39 is 5.54 Å². The Morgan fingerprint density at radius 1 is 1.36 bits per heavy atom. The molecule has 1 atom stereocenters. The van der Waals surface area contributed by atoms with E-state index in [1.807, 2.05) is 13.0 Å². The summed E-state index contributed by atoms with van der Waals surface area (Å²) >= 11 is 0. The second-order valence-corrected chi connectivity index (χ2v) is 5.87. The standard InChI is InChI=1S/C17H20N2O3/c1-2-17(11-20)8-5-9-19(17)16(22)14-10-18-15(21)13-7-4-3-6-12(13)14/h3-4,6-7,10,20H,2,5,8-9,11H2,1H3,(H,18,21)/t17-/m1/s1.